The van der Waals surface area contributed by atoms with E-state index in [1.54, 1.807) is 24.3 Å². The number of benzene rings is 2. The van der Waals surface area contributed by atoms with E-state index in [1.165, 1.54) is 6.92 Å². The summed E-state index contributed by atoms with van der Waals surface area (Å²) in [4.78, 5) is 35.6. The molecular formula is C18H18BrN3O3. The summed E-state index contributed by atoms with van der Waals surface area (Å²) < 4.78 is 0.871. The molecule has 6 nitrogen and oxygen atoms in total. The molecule has 0 heterocycles. The predicted octanol–water partition coefficient (Wildman–Crippen LogP) is 2.23. The molecule has 7 heteroatoms. The highest BCUT2D eigenvalue weighted by atomic mass is 79.9. The first-order valence-corrected chi connectivity index (χ1v) is 8.37. The molecule has 0 aliphatic rings. The Hall–Kier alpha value is -2.67. The number of halogens is 1. The minimum atomic E-state index is -0.868. The topological polar surface area (TPSA) is 101 Å². The Morgan fingerprint density at radius 2 is 1.84 bits per heavy atom. The van der Waals surface area contributed by atoms with Crippen molar-refractivity contribution < 1.29 is 14.4 Å². The number of amides is 3. The summed E-state index contributed by atoms with van der Waals surface area (Å²) in [6.45, 7) is 1.36. The van der Waals surface area contributed by atoms with E-state index in [9.17, 15) is 14.4 Å². The van der Waals surface area contributed by atoms with Crippen LogP contribution in [0, 0.1) is 0 Å². The molecule has 2 aromatic carbocycles. The maximum absolute atomic E-state index is 12.5. The lowest BCUT2D eigenvalue weighted by Gasteiger charge is -2.17. The average Bonchev–Trinajstić information content (AvgIpc) is 2.54. The first-order valence-electron chi connectivity index (χ1n) is 7.58. The summed E-state index contributed by atoms with van der Waals surface area (Å²) in [6, 6.07) is 13.1. The number of rotatable bonds is 6. The molecule has 4 N–H and O–H groups in total. The summed E-state index contributed by atoms with van der Waals surface area (Å²) in [5.41, 5.74) is 6.92. The van der Waals surface area contributed by atoms with Crippen molar-refractivity contribution in [1.82, 2.24) is 5.32 Å². The minimum absolute atomic E-state index is 0.262. The quantitative estimate of drug-likeness (QED) is 0.688. The standard InChI is InChI=1S/C18H18BrN3O3/c1-11(23)21-15-8-3-2-7-14(15)18(25)22-16(17(20)24)10-12-5-4-6-13(19)9-12/h2-9,16H,10H2,1H3,(H2,20,24)(H,21,23)(H,22,25)/t16-/m0/s1. The van der Waals surface area contributed by atoms with Gasteiger partial charge in [0.25, 0.3) is 5.91 Å². The van der Waals surface area contributed by atoms with Gasteiger partial charge in [0.2, 0.25) is 11.8 Å². The van der Waals surface area contributed by atoms with Crippen LogP contribution in [0.1, 0.15) is 22.8 Å². The zero-order chi connectivity index (χ0) is 18.4. The van der Waals surface area contributed by atoms with Gasteiger partial charge in [-0.15, -0.1) is 0 Å². The van der Waals surface area contributed by atoms with Crippen LogP contribution < -0.4 is 16.4 Å². The summed E-state index contributed by atoms with van der Waals surface area (Å²) in [5, 5.41) is 5.23. The van der Waals surface area contributed by atoms with Crippen LogP contribution in [0.4, 0.5) is 5.69 Å². The van der Waals surface area contributed by atoms with Gasteiger partial charge in [-0.2, -0.15) is 0 Å². The van der Waals surface area contributed by atoms with E-state index in [4.69, 9.17) is 5.73 Å². The molecule has 0 bridgehead atoms. The number of nitrogens with one attached hydrogen (secondary N) is 2. The second-order valence-electron chi connectivity index (χ2n) is 5.49. The van der Waals surface area contributed by atoms with Crippen LogP contribution in [0.25, 0.3) is 0 Å². The zero-order valence-electron chi connectivity index (χ0n) is 13.6. The summed E-state index contributed by atoms with van der Waals surface area (Å²) in [6.07, 6.45) is 0.267. The minimum Gasteiger partial charge on any atom is -0.368 e. The van der Waals surface area contributed by atoms with Gasteiger partial charge in [-0.05, 0) is 29.8 Å². The Kier molecular flexibility index (Phi) is 6.30. The van der Waals surface area contributed by atoms with Crippen LogP contribution in [0.5, 0.6) is 0 Å². The SMILES string of the molecule is CC(=O)Nc1ccccc1C(=O)N[C@@H](Cc1cccc(Br)c1)C(N)=O. The molecule has 130 valence electrons. The maximum Gasteiger partial charge on any atom is 0.254 e. The van der Waals surface area contributed by atoms with Crippen LogP contribution >= 0.6 is 15.9 Å². The van der Waals surface area contributed by atoms with E-state index >= 15 is 0 Å². The van der Waals surface area contributed by atoms with Crippen molar-refractivity contribution in [3.8, 4) is 0 Å². The van der Waals surface area contributed by atoms with Gasteiger partial charge in [-0.1, -0.05) is 40.2 Å². The molecule has 2 aromatic rings. The Balaban J connectivity index is 2.18. The number of anilines is 1. The Bertz CT molecular complexity index is 808. The van der Waals surface area contributed by atoms with Crippen molar-refractivity contribution in [3.05, 3.63) is 64.1 Å². The van der Waals surface area contributed by atoms with E-state index in [1.807, 2.05) is 24.3 Å². The highest BCUT2D eigenvalue weighted by molar-refractivity contribution is 9.10. The monoisotopic (exact) mass is 403 g/mol. The van der Waals surface area contributed by atoms with Crippen LogP contribution in [-0.4, -0.2) is 23.8 Å². The Morgan fingerprint density at radius 3 is 2.48 bits per heavy atom. The number of hydrogen-bond acceptors (Lipinski definition) is 3. The molecule has 0 unspecified atom stereocenters. The van der Waals surface area contributed by atoms with Gasteiger partial charge in [-0.25, -0.2) is 0 Å². The normalized spacial score (nSPS) is 11.4. The number of carbonyl (C=O) groups excluding carboxylic acids is 3. The van der Waals surface area contributed by atoms with Crippen molar-refractivity contribution >= 4 is 39.3 Å². The maximum atomic E-state index is 12.5. The number of nitrogens with two attached hydrogens (primary N) is 1. The lowest BCUT2D eigenvalue weighted by atomic mass is 10.0. The number of para-hydroxylation sites is 1. The lowest BCUT2D eigenvalue weighted by molar-refractivity contribution is -0.119. The first-order chi connectivity index (χ1) is 11.9. The fourth-order valence-corrected chi connectivity index (χ4v) is 2.78. The molecule has 0 spiro atoms. The van der Waals surface area contributed by atoms with Gasteiger partial charge in [-0.3, -0.25) is 14.4 Å². The molecule has 0 aromatic heterocycles. The van der Waals surface area contributed by atoms with E-state index in [2.05, 4.69) is 26.6 Å². The van der Waals surface area contributed by atoms with Crippen molar-refractivity contribution in [2.45, 2.75) is 19.4 Å². The molecule has 0 fully saturated rings. The zero-order valence-corrected chi connectivity index (χ0v) is 15.2. The fourth-order valence-electron chi connectivity index (χ4n) is 2.34. The second kappa shape index (κ2) is 8.43. The summed E-state index contributed by atoms with van der Waals surface area (Å²) >= 11 is 3.37. The molecule has 1 atom stereocenters. The van der Waals surface area contributed by atoms with Gasteiger partial charge < -0.3 is 16.4 Å². The van der Waals surface area contributed by atoms with E-state index in [0.29, 0.717) is 5.69 Å². The first kappa shape index (κ1) is 18.7. The second-order valence-corrected chi connectivity index (χ2v) is 6.40. The Morgan fingerprint density at radius 1 is 1.12 bits per heavy atom. The third kappa shape index (κ3) is 5.42. The van der Waals surface area contributed by atoms with Crippen molar-refractivity contribution in [3.63, 3.8) is 0 Å². The van der Waals surface area contributed by atoms with Gasteiger partial charge in [0.15, 0.2) is 0 Å². The van der Waals surface area contributed by atoms with Crippen LogP contribution in [0.2, 0.25) is 0 Å². The number of carbonyl (C=O) groups is 3. The Labute approximate surface area is 153 Å². The molecule has 25 heavy (non-hydrogen) atoms. The summed E-state index contributed by atoms with van der Waals surface area (Å²) in [5.74, 6) is -1.41. The van der Waals surface area contributed by atoms with E-state index in [0.717, 1.165) is 10.0 Å². The molecule has 0 radical (unpaired) electrons. The number of hydrogen-bond donors (Lipinski definition) is 3. The largest absolute Gasteiger partial charge is 0.368 e. The van der Waals surface area contributed by atoms with Gasteiger partial charge in [0.1, 0.15) is 6.04 Å². The van der Waals surface area contributed by atoms with Gasteiger partial charge >= 0.3 is 0 Å². The molecule has 0 saturated carbocycles. The molecule has 0 aliphatic carbocycles. The smallest absolute Gasteiger partial charge is 0.254 e. The molecular weight excluding hydrogens is 386 g/mol. The molecule has 3 amide bonds. The van der Waals surface area contributed by atoms with Gasteiger partial charge in [0, 0.05) is 17.8 Å². The third-order valence-electron chi connectivity index (χ3n) is 3.46. The van der Waals surface area contributed by atoms with Crippen molar-refractivity contribution in [2.24, 2.45) is 5.73 Å². The highest BCUT2D eigenvalue weighted by Gasteiger charge is 2.21. The predicted molar refractivity (Wildman–Crippen MR) is 99.0 cm³/mol. The summed E-state index contributed by atoms with van der Waals surface area (Å²) in [7, 11) is 0. The molecule has 2 rings (SSSR count). The highest BCUT2D eigenvalue weighted by Crippen LogP contribution is 2.16. The molecule has 0 aliphatic heterocycles. The van der Waals surface area contributed by atoms with Crippen molar-refractivity contribution in [1.29, 1.82) is 0 Å². The van der Waals surface area contributed by atoms with E-state index in [-0.39, 0.29) is 17.9 Å². The number of primary amides is 1. The van der Waals surface area contributed by atoms with Crippen LogP contribution in [0.15, 0.2) is 53.0 Å². The van der Waals surface area contributed by atoms with E-state index < -0.39 is 17.9 Å². The fraction of sp³-hybridized carbons (Fsp3) is 0.167. The van der Waals surface area contributed by atoms with Crippen molar-refractivity contribution in [2.75, 3.05) is 5.32 Å². The van der Waals surface area contributed by atoms with Crippen LogP contribution in [0.3, 0.4) is 0 Å². The molecule has 0 saturated heterocycles. The average molecular weight is 404 g/mol. The van der Waals surface area contributed by atoms with Crippen LogP contribution in [-0.2, 0) is 16.0 Å². The third-order valence-corrected chi connectivity index (χ3v) is 3.95. The van der Waals surface area contributed by atoms with Gasteiger partial charge in [0.05, 0.1) is 11.3 Å². The lowest BCUT2D eigenvalue weighted by Crippen LogP contribution is -2.46.